The fourth-order valence-electron chi connectivity index (χ4n) is 3.93. The van der Waals surface area contributed by atoms with Crippen LogP contribution in [-0.4, -0.2) is 46.0 Å². The quantitative estimate of drug-likeness (QED) is 0.587. The van der Waals surface area contributed by atoms with Crippen LogP contribution in [-0.2, 0) is 4.74 Å². The second-order valence-electron chi connectivity index (χ2n) is 7.40. The highest BCUT2D eigenvalue weighted by atomic mass is 32.1. The Kier molecular flexibility index (Phi) is 5.23. The van der Waals surface area contributed by atoms with Crippen molar-refractivity contribution in [3.63, 3.8) is 0 Å². The molecule has 7 heteroatoms. The van der Waals surface area contributed by atoms with Crippen LogP contribution in [0.15, 0.2) is 51.0 Å². The van der Waals surface area contributed by atoms with Crippen LogP contribution in [0.2, 0.25) is 0 Å². The van der Waals surface area contributed by atoms with Crippen molar-refractivity contribution in [2.24, 2.45) is 0 Å². The van der Waals surface area contributed by atoms with E-state index >= 15 is 0 Å². The average Bonchev–Trinajstić information content (AvgIpc) is 3.22. The van der Waals surface area contributed by atoms with Gasteiger partial charge in [0.15, 0.2) is 11.5 Å². The lowest BCUT2D eigenvalue weighted by atomic mass is 10.1. The number of morpholine rings is 1. The molecule has 2 aliphatic heterocycles. The van der Waals surface area contributed by atoms with Gasteiger partial charge in [-0.3, -0.25) is 4.79 Å². The predicted molar refractivity (Wildman–Crippen MR) is 121 cm³/mol. The van der Waals surface area contributed by atoms with Crippen molar-refractivity contribution in [2.45, 2.75) is 6.92 Å². The number of anilines is 2. The monoisotopic (exact) mass is 424 g/mol. The zero-order valence-electron chi connectivity index (χ0n) is 16.9. The molecule has 4 heterocycles. The smallest absolute Gasteiger partial charge is 0.204 e. The Balaban J connectivity index is 1.58. The first-order chi connectivity index (χ1) is 14.7. The molecule has 0 atom stereocenters. The van der Waals surface area contributed by atoms with Crippen molar-refractivity contribution in [3.8, 4) is 16.9 Å². The maximum Gasteiger partial charge on any atom is 0.204 e. The van der Waals surface area contributed by atoms with Crippen LogP contribution >= 0.6 is 11.3 Å². The van der Waals surface area contributed by atoms with Gasteiger partial charge in [-0.05, 0) is 24.6 Å². The molecule has 0 radical (unpaired) electrons. The number of hydrogen-bond acceptors (Lipinski definition) is 7. The summed E-state index contributed by atoms with van der Waals surface area (Å²) in [5.74, 6) is 1.51. The largest absolute Gasteiger partial charge is 0.490 e. The molecule has 0 bridgehead atoms. The van der Waals surface area contributed by atoms with Gasteiger partial charge in [0.25, 0.3) is 0 Å². The number of ether oxygens (including phenoxy) is 2. The minimum Gasteiger partial charge on any atom is -0.490 e. The van der Waals surface area contributed by atoms with Crippen LogP contribution in [0.3, 0.4) is 0 Å². The summed E-state index contributed by atoms with van der Waals surface area (Å²) in [5.41, 5.74) is 3.71. The second kappa shape index (κ2) is 8.16. The lowest BCUT2D eigenvalue weighted by molar-refractivity contribution is 0.121. The summed E-state index contributed by atoms with van der Waals surface area (Å²) in [6.45, 7) is 7.15. The maximum atomic E-state index is 12.7. The molecule has 1 fully saturated rings. The first-order valence-corrected chi connectivity index (χ1v) is 11.1. The van der Waals surface area contributed by atoms with Gasteiger partial charge in [-0.1, -0.05) is 18.2 Å². The van der Waals surface area contributed by atoms with Gasteiger partial charge >= 0.3 is 0 Å². The van der Waals surface area contributed by atoms with Crippen LogP contribution in [0.4, 0.5) is 11.6 Å². The zero-order valence-corrected chi connectivity index (χ0v) is 17.7. The summed E-state index contributed by atoms with van der Waals surface area (Å²) < 4.78 is 18.2. The van der Waals surface area contributed by atoms with Crippen LogP contribution in [0.25, 0.3) is 21.4 Å². The van der Waals surface area contributed by atoms with Crippen LogP contribution in [0.5, 0.6) is 5.75 Å². The molecule has 0 saturated carbocycles. The zero-order chi connectivity index (χ0) is 20.5. The molecular formula is C23H24N2O4S. The summed E-state index contributed by atoms with van der Waals surface area (Å²) in [6.07, 6.45) is 4.21. The fourth-order valence-corrected chi connectivity index (χ4v) is 4.84. The Morgan fingerprint density at radius 1 is 1.13 bits per heavy atom. The van der Waals surface area contributed by atoms with E-state index in [4.69, 9.17) is 13.9 Å². The topological polar surface area (TPSA) is 55.2 Å². The summed E-state index contributed by atoms with van der Waals surface area (Å²) in [6, 6.07) is 7.80. The van der Waals surface area contributed by atoms with Crippen LogP contribution < -0.4 is 20.0 Å². The molecule has 5 rings (SSSR count). The highest BCUT2D eigenvalue weighted by Crippen LogP contribution is 2.40. The van der Waals surface area contributed by atoms with E-state index in [0.29, 0.717) is 36.0 Å². The molecule has 2 aromatic heterocycles. The Bertz CT molecular complexity index is 1140. The standard InChI is InChI=1S/C23H24N2O4S/c1-2-3-6-24-9-12-28-20-5-4-16(13-18(20)24)17-15-30-23-19(26)14-21(29-22(17)23)25-7-10-27-11-8-25/h2-5,13-15H,6-12H2,1H3/b3-2+. The van der Waals surface area contributed by atoms with Gasteiger partial charge in [0.2, 0.25) is 5.43 Å². The van der Waals surface area contributed by atoms with E-state index in [9.17, 15) is 4.79 Å². The highest BCUT2D eigenvalue weighted by molar-refractivity contribution is 7.17. The van der Waals surface area contributed by atoms with Gasteiger partial charge in [-0.25, -0.2) is 0 Å². The third kappa shape index (κ3) is 3.48. The van der Waals surface area contributed by atoms with Crippen LogP contribution in [0, 0.1) is 0 Å². The molecule has 1 saturated heterocycles. The van der Waals surface area contributed by atoms with Gasteiger partial charge in [0.1, 0.15) is 17.1 Å². The molecule has 6 nitrogen and oxygen atoms in total. The summed E-state index contributed by atoms with van der Waals surface area (Å²) in [7, 11) is 0. The van der Waals surface area contributed by atoms with Gasteiger partial charge in [-0.2, -0.15) is 0 Å². The Morgan fingerprint density at radius 3 is 2.83 bits per heavy atom. The molecule has 2 aliphatic rings. The van der Waals surface area contributed by atoms with E-state index in [-0.39, 0.29) is 5.43 Å². The van der Waals surface area contributed by atoms with Crippen molar-refractivity contribution < 1.29 is 13.9 Å². The molecule has 0 aliphatic carbocycles. The van der Waals surface area contributed by atoms with Crippen molar-refractivity contribution in [3.05, 3.63) is 52.0 Å². The van der Waals surface area contributed by atoms with Gasteiger partial charge in [0, 0.05) is 36.6 Å². The number of hydrogen-bond donors (Lipinski definition) is 0. The Labute approximate surface area is 178 Å². The predicted octanol–water partition coefficient (Wildman–Crippen LogP) is 4.13. The lowest BCUT2D eigenvalue weighted by Gasteiger charge is -2.30. The van der Waals surface area contributed by atoms with E-state index < -0.39 is 0 Å². The van der Waals surface area contributed by atoms with E-state index in [0.717, 1.165) is 48.7 Å². The lowest BCUT2D eigenvalue weighted by Crippen LogP contribution is -2.36. The summed E-state index contributed by atoms with van der Waals surface area (Å²) >= 11 is 1.44. The Hall–Kier alpha value is -2.77. The number of allylic oxidation sites excluding steroid dienone is 1. The number of rotatable bonds is 4. The molecule has 156 valence electrons. The van der Waals surface area contributed by atoms with Crippen LogP contribution in [0.1, 0.15) is 6.92 Å². The third-order valence-electron chi connectivity index (χ3n) is 5.54. The van der Waals surface area contributed by atoms with Gasteiger partial charge < -0.3 is 23.7 Å². The average molecular weight is 425 g/mol. The number of benzene rings is 1. The van der Waals surface area contributed by atoms with E-state index in [2.05, 4.69) is 28.0 Å². The SMILES string of the molecule is C/C=C/CN1CCOc2ccc(-c3csc4c(=O)cc(N5CCOCC5)oc34)cc21. The van der Waals surface area contributed by atoms with Crippen molar-refractivity contribution in [1.82, 2.24) is 0 Å². The van der Waals surface area contributed by atoms with Gasteiger partial charge in [-0.15, -0.1) is 11.3 Å². The minimum atomic E-state index is 0.00462. The molecule has 30 heavy (non-hydrogen) atoms. The first kappa shape index (κ1) is 19.2. The number of nitrogens with zero attached hydrogens (tertiary/aromatic N) is 2. The minimum absolute atomic E-state index is 0.00462. The van der Waals surface area contributed by atoms with Crippen molar-refractivity contribution >= 4 is 33.2 Å². The molecule has 1 aromatic carbocycles. The fraction of sp³-hybridized carbons (Fsp3) is 0.348. The molecule has 0 spiro atoms. The summed E-state index contributed by atoms with van der Waals surface area (Å²) in [5, 5.41) is 2.01. The first-order valence-electron chi connectivity index (χ1n) is 10.3. The highest BCUT2D eigenvalue weighted by Gasteiger charge is 2.21. The van der Waals surface area contributed by atoms with E-state index in [1.165, 1.54) is 11.3 Å². The molecular weight excluding hydrogens is 400 g/mol. The third-order valence-corrected chi connectivity index (χ3v) is 6.52. The van der Waals surface area contributed by atoms with E-state index in [1.54, 1.807) is 6.07 Å². The second-order valence-corrected chi connectivity index (χ2v) is 8.28. The summed E-state index contributed by atoms with van der Waals surface area (Å²) in [4.78, 5) is 17.1. The molecule has 0 N–H and O–H groups in total. The molecule has 0 unspecified atom stereocenters. The number of fused-ring (bicyclic) bond motifs is 2. The van der Waals surface area contributed by atoms with Crippen molar-refractivity contribution in [1.29, 1.82) is 0 Å². The number of thiophene rings is 1. The molecule has 3 aromatic rings. The van der Waals surface area contributed by atoms with E-state index in [1.807, 2.05) is 24.4 Å². The van der Waals surface area contributed by atoms with Crippen molar-refractivity contribution in [2.75, 3.05) is 55.8 Å². The maximum absolute atomic E-state index is 12.7. The van der Waals surface area contributed by atoms with Gasteiger partial charge in [0.05, 0.1) is 25.4 Å². The normalized spacial score (nSPS) is 16.8. The molecule has 0 amide bonds. The Morgan fingerprint density at radius 2 is 2.00 bits per heavy atom.